The van der Waals surface area contributed by atoms with Crippen molar-refractivity contribution in [3.05, 3.63) is 72.0 Å². The zero-order valence-corrected chi connectivity index (χ0v) is 12.0. The molecule has 1 unspecified atom stereocenters. The summed E-state index contributed by atoms with van der Waals surface area (Å²) in [7, 11) is 0. The van der Waals surface area contributed by atoms with Crippen LogP contribution in [-0.4, -0.2) is 17.2 Å². The molecule has 0 saturated carbocycles. The molecular formula is C17H15ClO3. The lowest BCUT2D eigenvalue weighted by molar-refractivity contribution is -0.127. The number of ketones is 1. The molecule has 21 heavy (non-hydrogen) atoms. The fourth-order valence-electron chi connectivity index (χ4n) is 1.77. The van der Waals surface area contributed by atoms with Gasteiger partial charge in [-0.25, -0.2) is 0 Å². The van der Waals surface area contributed by atoms with Crippen molar-refractivity contribution in [2.75, 3.05) is 0 Å². The van der Waals surface area contributed by atoms with Crippen LogP contribution in [0.4, 0.5) is 0 Å². The van der Waals surface area contributed by atoms with Crippen LogP contribution in [0.2, 0.25) is 5.02 Å². The van der Waals surface area contributed by atoms with Crippen molar-refractivity contribution >= 4 is 17.4 Å². The van der Waals surface area contributed by atoms with Crippen molar-refractivity contribution in [1.82, 2.24) is 0 Å². The summed E-state index contributed by atoms with van der Waals surface area (Å²) in [6, 6.07) is 18.1. The lowest BCUT2D eigenvalue weighted by atomic mass is 10.1. The maximum atomic E-state index is 10.3. The van der Waals surface area contributed by atoms with Gasteiger partial charge in [0.1, 0.15) is 0 Å². The first-order valence-corrected chi connectivity index (χ1v) is 6.87. The van der Waals surface area contributed by atoms with Crippen LogP contribution in [0, 0.1) is 0 Å². The second kappa shape index (κ2) is 7.62. The molecule has 0 bridgehead atoms. The highest BCUT2D eigenvalue weighted by Crippen LogP contribution is 2.20. The molecule has 0 aromatic heterocycles. The number of carbonyl (C=O) groups excluding carboxylic acids is 1. The van der Waals surface area contributed by atoms with Gasteiger partial charge in [-0.15, -0.1) is 0 Å². The first-order chi connectivity index (χ1) is 10.1. The minimum atomic E-state index is -0.924. The summed E-state index contributed by atoms with van der Waals surface area (Å²) < 4.78 is 4.50. The minimum Gasteiger partial charge on any atom is -0.472 e. The van der Waals surface area contributed by atoms with Crippen LogP contribution in [0.1, 0.15) is 6.42 Å². The molecule has 2 aromatic carbocycles. The van der Waals surface area contributed by atoms with Crippen LogP contribution >= 0.6 is 11.6 Å². The van der Waals surface area contributed by atoms with Gasteiger partial charge in [-0.05, 0) is 23.3 Å². The molecule has 1 heterocycles. The number of carbonyl (C=O) groups is 1. The van der Waals surface area contributed by atoms with E-state index >= 15 is 0 Å². The highest BCUT2D eigenvalue weighted by molar-refractivity contribution is 6.30. The van der Waals surface area contributed by atoms with Crippen LogP contribution in [0.25, 0.3) is 11.1 Å². The number of allylic oxidation sites excluding steroid dienone is 1. The van der Waals surface area contributed by atoms with Crippen molar-refractivity contribution in [3.8, 4) is 11.1 Å². The van der Waals surface area contributed by atoms with Crippen LogP contribution < -0.4 is 0 Å². The second-order valence-corrected chi connectivity index (χ2v) is 4.87. The van der Waals surface area contributed by atoms with Gasteiger partial charge in [0.05, 0.1) is 12.7 Å². The quantitative estimate of drug-likeness (QED) is 0.871. The van der Waals surface area contributed by atoms with Gasteiger partial charge in [0.15, 0.2) is 5.78 Å². The van der Waals surface area contributed by atoms with Gasteiger partial charge in [-0.2, -0.15) is 0 Å². The molecule has 0 radical (unpaired) electrons. The summed E-state index contributed by atoms with van der Waals surface area (Å²) in [5.74, 6) is -0.0937. The Labute approximate surface area is 128 Å². The van der Waals surface area contributed by atoms with Crippen molar-refractivity contribution < 1.29 is 14.6 Å². The van der Waals surface area contributed by atoms with E-state index in [1.807, 2.05) is 42.5 Å². The van der Waals surface area contributed by atoms with E-state index in [2.05, 4.69) is 16.9 Å². The van der Waals surface area contributed by atoms with Crippen molar-refractivity contribution in [3.63, 3.8) is 0 Å². The maximum absolute atomic E-state index is 10.3. The molecule has 1 atom stereocenters. The normalized spacial score (nSPS) is 16.7. The molecule has 0 fully saturated rings. The van der Waals surface area contributed by atoms with E-state index < -0.39 is 6.29 Å². The zero-order chi connectivity index (χ0) is 15.1. The van der Waals surface area contributed by atoms with Crippen LogP contribution in [-0.2, 0) is 9.53 Å². The Morgan fingerprint density at radius 2 is 1.62 bits per heavy atom. The monoisotopic (exact) mass is 302 g/mol. The zero-order valence-electron chi connectivity index (χ0n) is 11.3. The summed E-state index contributed by atoms with van der Waals surface area (Å²) in [6.07, 6.45) is 1.66. The average molecular weight is 303 g/mol. The predicted octanol–water partition coefficient (Wildman–Crippen LogP) is 3.81. The Kier molecular flexibility index (Phi) is 5.55. The van der Waals surface area contributed by atoms with Crippen molar-refractivity contribution in [1.29, 1.82) is 0 Å². The molecule has 1 N–H and O–H groups in total. The molecule has 0 aliphatic carbocycles. The SMILES string of the molecule is Clc1ccc(-c2ccccc2)cc1.O=C1C=COC(O)C1. The molecule has 3 nitrogen and oxygen atoms in total. The van der Waals surface area contributed by atoms with Crippen molar-refractivity contribution in [2.45, 2.75) is 12.7 Å². The van der Waals surface area contributed by atoms with E-state index in [9.17, 15) is 4.79 Å². The summed E-state index contributed by atoms with van der Waals surface area (Å²) in [5.41, 5.74) is 2.42. The standard InChI is InChI=1S/C12H9Cl.C5H6O3/c13-12-8-6-11(7-9-12)10-4-2-1-3-5-10;6-4-1-2-8-5(7)3-4/h1-9H;1-2,5,7H,3H2. The Hall–Kier alpha value is -2.10. The number of rotatable bonds is 1. The maximum Gasteiger partial charge on any atom is 0.203 e. The third kappa shape index (κ3) is 5.06. The molecule has 2 aromatic rings. The van der Waals surface area contributed by atoms with Crippen LogP contribution in [0.5, 0.6) is 0 Å². The van der Waals surface area contributed by atoms with E-state index in [0.717, 1.165) is 5.02 Å². The predicted molar refractivity (Wildman–Crippen MR) is 82.7 cm³/mol. The van der Waals surface area contributed by atoms with E-state index in [1.54, 1.807) is 0 Å². The smallest absolute Gasteiger partial charge is 0.203 e. The fourth-order valence-corrected chi connectivity index (χ4v) is 1.89. The lowest BCUT2D eigenvalue weighted by Crippen LogP contribution is -2.16. The van der Waals surface area contributed by atoms with E-state index in [4.69, 9.17) is 16.7 Å². The van der Waals surface area contributed by atoms with Crippen LogP contribution in [0.15, 0.2) is 66.9 Å². The van der Waals surface area contributed by atoms with Crippen LogP contribution in [0.3, 0.4) is 0 Å². The molecular weight excluding hydrogens is 288 g/mol. The third-order valence-corrected chi connectivity index (χ3v) is 3.07. The van der Waals surface area contributed by atoms with E-state index in [-0.39, 0.29) is 12.2 Å². The number of hydrogen-bond donors (Lipinski definition) is 1. The molecule has 4 heteroatoms. The van der Waals surface area contributed by atoms with Crippen molar-refractivity contribution in [2.24, 2.45) is 0 Å². The Balaban J connectivity index is 0.000000173. The number of benzene rings is 2. The molecule has 0 amide bonds. The summed E-state index contributed by atoms with van der Waals surface area (Å²) in [6.45, 7) is 0. The summed E-state index contributed by atoms with van der Waals surface area (Å²) in [4.78, 5) is 10.3. The number of hydrogen-bond acceptors (Lipinski definition) is 3. The number of ether oxygens (including phenoxy) is 1. The molecule has 1 aliphatic rings. The van der Waals surface area contributed by atoms with Gasteiger partial charge >= 0.3 is 0 Å². The Bertz CT molecular complexity index is 606. The Morgan fingerprint density at radius 3 is 2.14 bits per heavy atom. The number of aliphatic hydroxyl groups excluding tert-OH is 1. The molecule has 0 spiro atoms. The molecule has 0 saturated heterocycles. The average Bonchev–Trinajstić information content (AvgIpc) is 2.49. The first kappa shape index (κ1) is 15.3. The van der Waals surface area contributed by atoms with Gasteiger partial charge in [0.25, 0.3) is 0 Å². The van der Waals surface area contributed by atoms with Gasteiger partial charge < -0.3 is 9.84 Å². The van der Waals surface area contributed by atoms with Gasteiger partial charge in [-0.1, -0.05) is 54.1 Å². The largest absolute Gasteiger partial charge is 0.472 e. The second-order valence-electron chi connectivity index (χ2n) is 4.44. The topological polar surface area (TPSA) is 46.5 Å². The van der Waals surface area contributed by atoms with E-state index in [0.29, 0.717) is 0 Å². The number of halogens is 1. The lowest BCUT2D eigenvalue weighted by Gasteiger charge is -2.10. The highest BCUT2D eigenvalue weighted by atomic mass is 35.5. The van der Waals surface area contributed by atoms with Gasteiger partial charge in [0, 0.05) is 11.1 Å². The fraction of sp³-hybridized carbons (Fsp3) is 0.118. The highest BCUT2D eigenvalue weighted by Gasteiger charge is 2.11. The summed E-state index contributed by atoms with van der Waals surface area (Å²) >= 11 is 5.80. The van der Waals surface area contributed by atoms with E-state index in [1.165, 1.54) is 23.5 Å². The molecule has 1 aliphatic heterocycles. The molecule has 108 valence electrons. The number of aliphatic hydroxyl groups is 1. The Morgan fingerprint density at radius 1 is 1.00 bits per heavy atom. The third-order valence-electron chi connectivity index (χ3n) is 2.82. The molecule has 3 rings (SSSR count). The van der Waals surface area contributed by atoms with Gasteiger partial charge in [0.2, 0.25) is 6.29 Å². The van der Waals surface area contributed by atoms with Gasteiger partial charge in [-0.3, -0.25) is 4.79 Å². The summed E-state index contributed by atoms with van der Waals surface area (Å²) in [5, 5.41) is 9.36. The minimum absolute atomic E-state index is 0.0799. The first-order valence-electron chi connectivity index (χ1n) is 6.49.